The second-order valence-electron chi connectivity index (χ2n) is 9.67. The number of benzene rings is 1. The first-order valence-electron chi connectivity index (χ1n) is 9.54. The van der Waals surface area contributed by atoms with Gasteiger partial charge in [0, 0.05) is 5.41 Å². The third-order valence-corrected chi connectivity index (χ3v) is 6.06. The van der Waals surface area contributed by atoms with Crippen molar-refractivity contribution in [1.29, 1.82) is 0 Å². The Balaban J connectivity index is 4.57. The lowest BCUT2D eigenvalue weighted by molar-refractivity contribution is -0.187. The van der Waals surface area contributed by atoms with Crippen LogP contribution in [0.25, 0.3) is 0 Å². The molecule has 0 saturated carbocycles. The molecule has 0 heterocycles. The van der Waals surface area contributed by atoms with Crippen molar-refractivity contribution in [3.05, 3.63) is 35.9 Å². The van der Waals surface area contributed by atoms with E-state index in [9.17, 15) is 29.4 Å². The van der Waals surface area contributed by atoms with Crippen LogP contribution in [0.5, 0.6) is 0 Å². The van der Waals surface area contributed by atoms with E-state index >= 15 is 0 Å². The van der Waals surface area contributed by atoms with Gasteiger partial charge in [-0.2, -0.15) is 0 Å². The van der Waals surface area contributed by atoms with Crippen molar-refractivity contribution in [3.8, 4) is 0 Å². The Morgan fingerprint density at radius 2 is 1.24 bits per heavy atom. The fourth-order valence-electron chi connectivity index (χ4n) is 5.43. The van der Waals surface area contributed by atoms with E-state index in [1.807, 2.05) is 0 Å². The Kier molecular flexibility index (Phi) is 6.54. The minimum Gasteiger partial charge on any atom is -0.481 e. The van der Waals surface area contributed by atoms with Gasteiger partial charge >= 0.3 is 11.9 Å². The topological polar surface area (TPSA) is 109 Å². The van der Waals surface area contributed by atoms with Crippen LogP contribution in [0.3, 0.4) is 0 Å². The van der Waals surface area contributed by atoms with E-state index in [2.05, 4.69) is 0 Å². The molecule has 0 bridgehead atoms. The van der Waals surface area contributed by atoms with Crippen LogP contribution in [0.2, 0.25) is 0 Å². The van der Waals surface area contributed by atoms with Gasteiger partial charge in [0.2, 0.25) is 0 Å². The lowest BCUT2D eigenvalue weighted by Crippen LogP contribution is -2.71. The van der Waals surface area contributed by atoms with E-state index in [0.29, 0.717) is 5.56 Å². The third kappa shape index (κ3) is 3.38. The van der Waals surface area contributed by atoms with E-state index in [-0.39, 0.29) is 0 Å². The van der Waals surface area contributed by atoms with E-state index in [1.165, 1.54) is 6.92 Å². The van der Waals surface area contributed by atoms with Crippen molar-refractivity contribution < 1.29 is 29.4 Å². The minimum absolute atomic E-state index is 0.336. The van der Waals surface area contributed by atoms with Gasteiger partial charge in [-0.1, -0.05) is 71.9 Å². The zero-order chi connectivity index (χ0) is 23.0. The summed E-state index contributed by atoms with van der Waals surface area (Å²) < 4.78 is 0. The number of hydrogen-bond acceptors (Lipinski definition) is 4. The van der Waals surface area contributed by atoms with Crippen LogP contribution in [0.4, 0.5) is 0 Å². The Morgan fingerprint density at radius 3 is 1.48 bits per heavy atom. The Bertz CT molecular complexity index is 782. The van der Waals surface area contributed by atoms with E-state index in [1.54, 1.807) is 71.9 Å². The van der Waals surface area contributed by atoms with Crippen LogP contribution in [0, 0.1) is 22.2 Å². The maximum absolute atomic E-state index is 13.3. The zero-order valence-corrected chi connectivity index (χ0v) is 18.5. The summed E-state index contributed by atoms with van der Waals surface area (Å²) in [6.45, 7) is 12.2. The number of carbonyl (C=O) groups excluding carboxylic acids is 2. The summed E-state index contributed by atoms with van der Waals surface area (Å²) in [6.07, 6.45) is 0. The largest absolute Gasteiger partial charge is 0.481 e. The van der Waals surface area contributed by atoms with Crippen molar-refractivity contribution in [1.82, 2.24) is 0 Å². The molecule has 1 aromatic rings. The normalized spacial score (nSPS) is 17.5. The maximum atomic E-state index is 13.3. The van der Waals surface area contributed by atoms with E-state index in [0.717, 1.165) is 6.92 Å². The molecule has 0 spiro atoms. The minimum atomic E-state index is -2.20. The first-order chi connectivity index (χ1) is 13.0. The van der Waals surface area contributed by atoms with Crippen molar-refractivity contribution in [2.45, 2.75) is 60.8 Å². The number of carbonyl (C=O) groups is 4. The smallest absolute Gasteiger partial charge is 0.318 e. The molecule has 2 N–H and O–H groups in total. The Hall–Kier alpha value is -2.50. The van der Waals surface area contributed by atoms with Gasteiger partial charge in [0.15, 0.2) is 0 Å². The van der Waals surface area contributed by atoms with Crippen molar-refractivity contribution in [2.75, 3.05) is 0 Å². The molecule has 3 atom stereocenters. The molecule has 3 unspecified atom stereocenters. The summed E-state index contributed by atoms with van der Waals surface area (Å²) in [7, 11) is 0. The molecule has 0 aliphatic carbocycles. The molecule has 0 aromatic heterocycles. The summed E-state index contributed by atoms with van der Waals surface area (Å²) >= 11 is 0. The van der Waals surface area contributed by atoms with Gasteiger partial charge in [0.1, 0.15) is 22.9 Å². The molecule has 160 valence electrons. The Labute approximate surface area is 172 Å². The average Bonchev–Trinajstić information content (AvgIpc) is 2.51. The number of carboxylic acids is 2. The summed E-state index contributed by atoms with van der Waals surface area (Å²) in [4.78, 5) is 51.6. The number of hydrogen-bond donors (Lipinski definition) is 2. The lowest BCUT2D eigenvalue weighted by Gasteiger charge is -2.61. The molecule has 6 heteroatoms. The highest BCUT2D eigenvalue weighted by Crippen LogP contribution is 2.64. The molecule has 1 rings (SSSR count). The van der Waals surface area contributed by atoms with Crippen molar-refractivity contribution >= 4 is 23.5 Å². The molecule has 0 saturated heterocycles. The highest BCUT2D eigenvalue weighted by molar-refractivity contribution is 6.09. The first-order valence-corrected chi connectivity index (χ1v) is 9.54. The molecule has 29 heavy (non-hydrogen) atoms. The van der Waals surface area contributed by atoms with Crippen LogP contribution in [-0.4, -0.2) is 33.7 Å². The molecule has 6 nitrogen and oxygen atoms in total. The van der Waals surface area contributed by atoms with Crippen LogP contribution < -0.4 is 0 Å². The van der Waals surface area contributed by atoms with Gasteiger partial charge in [-0.25, -0.2) is 0 Å². The number of ketones is 2. The fourth-order valence-corrected chi connectivity index (χ4v) is 5.43. The lowest BCUT2D eigenvalue weighted by atomic mass is 9.38. The van der Waals surface area contributed by atoms with Crippen molar-refractivity contribution in [2.24, 2.45) is 22.2 Å². The van der Waals surface area contributed by atoms with Gasteiger partial charge in [-0.15, -0.1) is 0 Å². The molecule has 0 amide bonds. The first kappa shape index (κ1) is 24.5. The standard InChI is InChI=1S/C23H32O6/c1-14(24)17(18(26)27)23(21(6,7)8,16-12-10-9-11-13-16)22(15(2)25,19(28)29)20(3,4)5/h9-13,17H,1-8H3,(H,26,27)(H,28,29). The SMILES string of the molecule is CC(=O)C(C(=O)O)C(c1ccccc1)(C(C)(C)C)C(C(C)=O)(C(=O)O)C(C)(C)C. The molecular formula is C23H32O6. The van der Waals surface area contributed by atoms with E-state index < -0.39 is 51.1 Å². The molecule has 1 aromatic carbocycles. The van der Waals surface area contributed by atoms with E-state index in [4.69, 9.17) is 0 Å². The molecule has 0 fully saturated rings. The summed E-state index contributed by atoms with van der Waals surface area (Å²) in [5.41, 5.74) is -6.04. The average molecular weight is 405 g/mol. The number of carboxylic acid groups (broad SMARTS) is 2. The summed E-state index contributed by atoms with van der Waals surface area (Å²) in [5.74, 6) is -6.03. The highest BCUT2D eigenvalue weighted by atomic mass is 16.4. The van der Waals surface area contributed by atoms with Crippen LogP contribution in [0.1, 0.15) is 61.0 Å². The number of rotatable bonds is 7. The third-order valence-electron chi connectivity index (χ3n) is 6.06. The summed E-state index contributed by atoms with van der Waals surface area (Å²) in [6, 6.07) is 8.25. The van der Waals surface area contributed by atoms with Gasteiger partial charge < -0.3 is 10.2 Å². The Morgan fingerprint density at radius 1 is 0.793 bits per heavy atom. The molecular weight excluding hydrogens is 372 g/mol. The van der Waals surface area contributed by atoms with Gasteiger partial charge in [0.25, 0.3) is 0 Å². The monoisotopic (exact) mass is 404 g/mol. The summed E-state index contributed by atoms with van der Waals surface area (Å²) in [5, 5.41) is 20.7. The molecule has 0 aliphatic rings. The van der Waals surface area contributed by atoms with Gasteiger partial charge in [-0.05, 0) is 30.2 Å². The highest BCUT2D eigenvalue weighted by Gasteiger charge is 2.74. The maximum Gasteiger partial charge on any atom is 0.318 e. The number of aliphatic carboxylic acids is 2. The zero-order valence-electron chi connectivity index (χ0n) is 18.5. The van der Waals surface area contributed by atoms with Crippen LogP contribution >= 0.6 is 0 Å². The van der Waals surface area contributed by atoms with Gasteiger partial charge in [-0.3, -0.25) is 19.2 Å². The van der Waals surface area contributed by atoms with Crippen molar-refractivity contribution in [3.63, 3.8) is 0 Å². The van der Waals surface area contributed by atoms with Gasteiger partial charge in [0.05, 0.1) is 0 Å². The predicted octanol–water partition coefficient (Wildman–Crippen LogP) is 3.97. The quantitative estimate of drug-likeness (QED) is 0.666. The molecule has 0 radical (unpaired) electrons. The van der Waals surface area contributed by atoms with Crippen LogP contribution in [-0.2, 0) is 24.6 Å². The van der Waals surface area contributed by atoms with Crippen LogP contribution in [0.15, 0.2) is 30.3 Å². The fraction of sp³-hybridized carbons (Fsp3) is 0.565. The second kappa shape index (κ2) is 7.73. The predicted molar refractivity (Wildman–Crippen MR) is 110 cm³/mol. The second-order valence-corrected chi connectivity index (χ2v) is 9.67. The molecule has 0 aliphatic heterocycles. The number of Topliss-reactive ketones (excluding diaryl/α,β-unsaturated/α-hetero) is 2.